The molecule has 1 aromatic heterocycles. The maximum Gasteiger partial charge on any atom is 0.274 e. The molecule has 3 atom stereocenters. The normalized spacial score (nSPS) is 24.0. The zero-order valence-electron chi connectivity index (χ0n) is 17.2. The molecule has 28 heavy (non-hydrogen) atoms. The molecule has 2 N–H and O–H groups in total. The summed E-state index contributed by atoms with van der Waals surface area (Å²) in [7, 11) is 1.46. The zero-order valence-corrected chi connectivity index (χ0v) is 17.2. The summed E-state index contributed by atoms with van der Waals surface area (Å²) < 4.78 is 5.09. The predicted octanol–water partition coefficient (Wildman–Crippen LogP) is 4.78. The Bertz CT molecular complexity index is 765. The molecule has 1 amide bonds. The third kappa shape index (κ3) is 4.75. The van der Waals surface area contributed by atoms with Crippen molar-refractivity contribution in [1.29, 1.82) is 0 Å². The van der Waals surface area contributed by atoms with Gasteiger partial charge in [0, 0.05) is 18.3 Å². The highest BCUT2D eigenvalue weighted by atomic mass is 16.5. The number of allylic oxidation sites excluding steroid dienone is 4. The first kappa shape index (κ1) is 20.4. The minimum Gasteiger partial charge on any atom is -0.503 e. The van der Waals surface area contributed by atoms with Crippen LogP contribution < -0.4 is 10.1 Å². The van der Waals surface area contributed by atoms with Gasteiger partial charge in [-0.15, -0.1) is 0 Å². The Morgan fingerprint density at radius 3 is 2.96 bits per heavy atom. The van der Waals surface area contributed by atoms with Crippen molar-refractivity contribution in [1.82, 2.24) is 10.3 Å². The van der Waals surface area contributed by atoms with E-state index in [2.05, 4.69) is 36.3 Å². The van der Waals surface area contributed by atoms with Crippen LogP contribution in [-0.4, -0.2) is 29.1 Å². The average Bonchev–Trinajstić information content (AvgIpc) is 2.68. The molecule has 1 fully saturated rings. The quantitative estimate of drug-likeness (QED) is 0.693. The van der Waals surface area contributed by atoms with E-state index in [9.17, 15) is 9.90 Å². The number of rotatable bonds is 6. The van der Waals surface area contributed by atoms with Crippen LogP contribution in [0.5, 0.6) is 11.5 Å². The van der Waals surface area contributed by atoms with Gasteiger partial charge in [0.05, 0.1) is 7.11 Å². The SMILES string of the molecule is COc1ccnc(C(=O)NC2CCC[C@H]3CC(CCC=C(C)C)=CCC23)c1O. The van der Waals surface area contributed by atoms with Crippen LogP contribution in [0.1, 0.15) is 69.3 Å². The number of aromatic hydroxyl groups is 1. The van der Waals surface area contributed by atoms with Crippen molar-refractivity contribution in [2.24, 2.45) is 11.8 Å². The number of methoxy groups -OCH3 is 1. The lowest BCUT2D eigenvalue weighted by atomic mass is 9.68. The van der Waals surface area contributed by atoms with E-state index in [4.69, 9.17) is 4.74 Å². The van der Waals surface area contributed by atoms with Crippen LogP contribution in [-0.2, 0) is 0 Å². The zero-order chi connectivity index (χ0) is 20.1. The number of aromatic nitrogens is 1. The maximum absolute atomic E-state index is 12.7. The molecule has 0 aliphatic heterocycles. The van der Waals surface area contributed by atoms with Gasteiger partial charge in [-0.05, 0) is 64.2 Å². The lowest BCUT2D eigenvalue weighted by molar-refractivity contribution is 0.0861. The van der Waals surface area contributed by atoms with Gasteiger partial charge in [0.15, 0.2) is 17.2 Å². The van der Waals surface area contributed by atoms with E-state index in [0.717, 1.165) is 38.5 Å². The van der Waals surface area contributed by atoms with E-state index in [1.807, 2.05) is 0 Å². The van der Waals surface area contributed by atoms with Gasteiger partial charge in [0.25, 0.3) is 5.91 Å². The highest BCUT2D eigenvalue weighted by molar-refractivity contribution is 5.95. The standard InChI is InChI=1S/C23H32N2O3/c1-15(2)6-4-7-16-10-11-18-17(14-16)8-5-9-19(18)25-23(27)21-22(26)20(28-3)12-13-24-21/h6,10,12-13,17-19,26H,4-5,7-9,11,14H2,1-3H3,(H,25,27)/t17-,18?,19?/m0/s1. The van der Waals surface area contributed by atoms with Crippen LogP contribution in [0.4, 0.5) is 0 Å². The minimum atomic E-state index is -0.319. The van der Waals surface area contributed by atoms with Crippen molar-refractivity contribution in [3.63, 3.8) is 0 Å². The molecule has 2 unspecified atom stereocenters. The summed E-state index contributed by atoms with van der Waals surface area (Å²) >= 11 is 0. The summed E-state index contributed by atoms with van der Waals surface area (Å²) in [5, 5.41) is 13.4. The maximum atomic E-state index is 12.7. The molecule has 0 bridgehead atoms. The van der Waals surface area contributed by atoms with Gasteiger partial charge in [-0.1, -0.05) is 29.7 Å². The van der Waals surface area contributed by atoms with Crippen LogP contribution in [0, 0.1) is 11.8 Å². The lowest BCUT2D eigenvalue weighted by Gasteiger charge is -2.41. The van der Waals surface area contributed by atoms with Gasteiger partial charge < -0.3 is 15.2 Å². The third-order valence-corrected chi connectivity index (χ3v) is 6.07. The molecule has 2 aliphatic rings. The number of hydrogen-bond acceptors (Lipinski definition) is 4. The Balaban J connectivity index is 1.65. The summed E-state index contributed by atoms with van der Waals surface area (Å²) in [6.07, 6.45) is 14.0. The second-order valence-corrected chi connectivity index (χ2v) is 8.27. The number of pyridine rings is 1. The van der Waals surface area contributed by atoms with Gasteiger partial charge in [0.2, 0.25) is 0 Å². The summed E-state index contributed by atoms with van der Waals surface area (Å²) in [6, 6.07) is 1.68. The first-order valence-corrected chi connectivity index (χ1v) is 10.3. The molecule has 2 aliphatic carbocycles. The number of carbonyl (C=O) groups excluding carboxylic acids is 1. The molecular weight excluding hydrogens is 352 g/mol. The van der Waals surface area contributed by atoms with Crippen LogP contribution in [0.3, 0.4) is 0 Å². The molecule has 0 saturated heterocycles. The third-order valence-electron chi connectivity index (χ3n) is 6.07. The summed E-state index contributed by atoms with van der Waals surface area (Å²) in [5.41, 5.74) is 2.98. The fraction of sp³-hybridized carbons (Fsp3) is 0.565. The summed E-state index contributed by atoms with van der Waals surface area (Å²) in [4.78, 5) is 16.8. The van der Waals surface area contributed by atoms with Crippen LogP contribution in [0.25, 0.3) is 0 Å². The fourth-order valence-corrected chi connectivity index (χ4v) is 4.62. The second kappa shape index (κ2) is 9.26. The van der Waals surface area contributed by atoms with Crippen molar-refractivity contribution in [2.75, 3.05) is 7.11 Å². The van der Waals surface area contributed by atoms with Crippen molar-refractivity contribution in [3.05, 3.63) is 41.3 Å². The predicted molar refractivity (Wildman–Crippen MR) is 111 cm³/mol. The lowest BCUT2D eigenvalue weighted by Crippen LogP contribution is -2.46. The molecule has 5 heteroatoms. The van der Waals surface area contributed by atoms with E-state index in [0.29, 0.717) is 11.8 Å². The Kier molecular flexibility index (Phi) is 6.76. The van der Waals surface area contributed by atoms with Gasteiger partial charge in [-0.2, -0.15) is 0 Å². The fourth-order valence-electron chi connectivity index (χ4n) is 4.62. The molecule has 5 nitrogen and oxygen atoms in total. The van der Waals surface area contributed by atoms with E-state index in [1.165, 1.54) is 25.3 Å². The second-order valence-electron chi connectivity index (χ2n) is 8.27. The molecule has 1 aromatic rings. The largest absolute Gasteiger partial charge is 0.503 e. The van der Waals surface area contributed by atoms with E-state index in [1.54, 1.807) is 11.6 Å². The number of carbonyl (C=O) groups is 1. The van der Waals surface area contributed by atoms with E-state index < -0.39 is 0 Å². The number of hydrogen-bond donors (Lipinski definition) is 2. The number of fused-ring (bicyclic) bond motifs is 1. The van der Waals surface area contributed by atoms with Crippen molar-refractivity contribution in [3.8, 4) is 11.5 Å². The van der Waals surface area contributed by atoms with Gasteiger partial charge in [-0.3, -0.25) is 4.79 Å². The molecule has 1 heterocycles. The van der Waals surface area contributed by atoms with Crippen LogP contribution in [0.2, 0.25) is 0 Å². The minimum absolute atomic E-state index is 0.0373. The van der Waals surface area contributed by atoms with E-state index in [-0.39, 0.29) is 29.1 Å². The molecule has 3 rings (SSSR count). The number of ether oxygens (including phenoxy) is 1. The smallest absolute Gasteiger partial charge is 0.274 e. The topological polar surface area (TPSA) is 71.5 Å². The van der Waals surface area contributed by atoms with Crippen molar-refractivity contribution >= 4 is 5.91 Å². The number of nitrogens with one attached hydrogen (secondary N) is 1. The van der Waals surface area contributed by atoms with Gasteiger partial charge in [0.1, 0.15) is 0 Å². The Labute approximate surface area is 167 Å². The first-order chi connectivity index (χ1) is 13.5. The van der Waals surface area contributed by atoms with Gasteiger partial charge >= 0.3 is 0 Å². The van der Waals surface area contributed by atoms with Crippen LogP contribution in [0.15, 0.2) is 35.6 Å². The van der Waals surface area contributed by atoms with Crippen molar-refractivity contribution < 1.29 is 14.6 Å². The molecule has 152 valence electrons. The highest BCUT2D eigenvalue weighted by Crippen LogP contribution is 2.41. The number of nitrogens with zero attached hydrogens (tertiary/aromatic N) is 1. The molecule has 0 spiro atoms. The summed E-state index contributed by atoms with van der Waals surface area (Å²) in [6.45, 7) is 4.29. The Hall–Kier alpha value is -2.30. The first-order valence-electron chi connectivity index (χ1n) is 10.3. The molecule has 0 radical (unpaired) electrons. The average molecular weight is 385 g/mol. The molecule has 0 aromatic carbocycles. The summed E-state index contributed by atoms with van der Waals surface area (Å²) in [5.74, 6) is 0.860. The van der Waals surface area contributed by atoms with Crippen molar-refractivity contribution in [2.45, 2.75) is 64.8 Å². The van der Waals surface area contributed by atoms with Crippen LogP contribution >= 0.6 is 0 Å². The molecular formula is C23H32N2O3. The monoisotopic (exact) mass is 384 g/mol. The Morgan fingerprint density at radius 1 is 1.39 bits per heavy atom. The van der Waals surface area contributed by atoms with E-state index >= 15 is 0 Å². The Morgan fingerprint density at radius 2 is 2.21 bits per heavy atom. The highest BCUT2D eigenvalue weighted by Gasteiger charge is 2.36. The number of amides is 1. The van der Waals surface area contributed by atoms with Gasteiger partial charge in [-0.25, -0.2) is 4.98 Å². The molecule has 1 saturated carbocycles.